The van der Waals surface area contributed by atoms with Crippen molar-refractivity contribution in [2.45, 2.75) is 19.4 Å². The molecule has 7 heteroatoms. The maximum absolute atomic E-state index is 13.5. The van der Waals surface area contributed by atoms with E-state index in [-0.39, 0.29) is 17.1 Å². The Hall–Kier alpha value is -2.77. The highest BCUT2D eigenvalue weighted by Gasteiger charge is 2.44. The van der Waals surface area contributed by atoms with Crippen LogP contribution >= 0.6 is 27.3 Å². The van der Waals surface area contributed by atoms with Crippen LogP contribution in [-0.2, 0) is 6.42 Å². The highest BCUT2D eigenvalue weighted by atomic mass is 79.9. The van der Waals surface area contributed by atoms with Crippen molar-refractivity contribution < 1.29 is 9.21 Å². The first-order valence-electron chi connectivity index (χ1n) is 9.16. The molecule has 0 fully saturated rings. The van der Waals surface area contributed by atoms with Gasteiger partial charge < -0.3 is 4.42 Å². The molecule has 5 rings (SSSR count). The maximum Gasteiger partial charge on any atom is 0.297 e. The van der Waals surface area contributed by atoms with Crippen LogP contribution in [0.25, 0.3) is 11.0 Å². The fraction of sp³-hybridized carbons (Fsp3) is 0.136. The van der Waals surface area contributed by atoms with E-state index in [1.165, 1.54) is 16.9 Å². The van der Waals surface area contributed by atoms with Gasteiger partial charge >= 0.3 is 0 Å². The average Bonchev–Trinajstić information content (AvgIpc) is 3.35. The summed E-state index contributed by atoms with van der Waals surface area (Å²) in [6.45, 7) is 2.09. The van der Waals surface area contributed by atoms with Gasteiger partial charge in [-0.25, -0.2) is 4.98 Å². The lowest BCUT2D eigenvalue weighted by molar-refractivity contribution is 0.0971. The minimum Gasteiger partial charge on any atom is -0.450 e. The topological polar surface area (TPSA) is 63.4 Å². The Labute approximate surface area is 178 Å². The van der Waals surface area contributed by atoms with E-state index in [0.717, 1.165) is 16.5 Å². The van der Waals surface area contributed by atoms with Gasteiger partial charge in [0.15, 0.2) is 10.6 Å². The van der Waals surface area contributed by atoms with E-state index in [1.54, 1.807) is 29.3 Å². The molecule has 5 nitrogen and oxygen atoms in total. The van der Waals surface area contributed by atoms with Crippen LogP contribution in [0.2, 0.25) is 0 Å². The van der Waals surface area contributed by atoms with E-state index < -0.39 is 6.04 Å². The number of benzene rings is 2. The fourth-order valence-corrected chi connectivity index (χ4v) is 4.76. The first kappa shape index (κ1) is 18.3. The van der Waals surface area contributed by atoms with Gasteiger partial charge in [0.25, 0.3) is 5.91 Å². The second-order valence-corrected chi connectivity index (χ2v) is 8.59. The van der Waals surface area contributed by atoms with Crippen LogP contribution in [0.5, 0.6) is 0 Å². The minimum atomic E-state index is -0.575. The number of nitrogens with zero attached hydrogens (tertiary/aromatic N) is 2. The molecule has 0 radical (unpaired) electrons. The summed E-state index contributed by atoms with van der Waals surface area (Å²) in [4.78, 5) is 32.7. The molecule has 0 spiro atoms. The molecule has 1 aliphatic heterocycles. The Morgan fingerprint density at radius 1 is 1.17 bits per heavy atom. The van der Waals surface area contributed by atoms with E-state index in [4.69, 9.17) is 4.42 Å². The van der Waals surface area contributed by atoms with Gasteiger partial charge in [-0.05, 0) is 35.7 Å². The smallest absolute Gasteiger partial charge is 0.297 e. The summed E-state index contributed by atoms with van der Waals surface area (Å²) in [5.74, 6) is -0.258. The molecule has 1 atom stereocenters. The number of anilines is 1. The van der Waals surface area contributed by atoms with E-state index in [9.17, 15) is 9.59 Å². The number of fused-ring (bicyclic) bond motifs is 2. The van der Waals surface area contributed by atoms with Gasteiger partial charge in [0.1, 0.15) is 5.58 Å². The molecule has 2 aromatic carbocycles. The second kappa shape index (κ2) is 6.93. The number of aromatic nitrogens is 1. The van der Waals surface area contributed by atoms with Gasteiger partial charge in [-0.15, -0.1) is 11.3 Å². The van der Waals surface area contributed by atoms with Gasteiger partial charge in [0.05, 0.1) is 17.0 Å². The van der Waals surface area contributed by atoms with Crippen molar-refractivity contribution in [3.05, 3.63) is 91.2 Å². The largest absolute Gasteiger partial charge is 0.450 e. The van der Waals surface area contributed by atoms with Crippen molar-refractivity contribution in [2.75, 3.05) is 4.90 Å². The number of amides is 1. The Morgan fingerprint density at radius 2 is 1.97 bits per heavy atom. The van der Waals surface area contributed by atoms with Gasteiger partial charge in [-0.2, -0.15) is 0 Å². The summed E-state index contributed by atoms with van der Waals surface area (Å²) in [7, 11) is 0. The predicted molar refractivity (Wildman–Crippen MR) is 117 cm³/mol. The highest BCUT2D eigenvalue weighted by Crippen LogP contribution is 2.41. The van der Waals surface area contributed by atoms with Crippen LogP contribution in [0, 0.1) is 0 Å². The molecule has 29 heavy (non-hydrogen) atoms. The summed E-state index contributed by atoms with van der Waals surface area (Å²) in [5.41, 5.74) is 2.60. The molecule has 0 aliphatic carbocycles. The molecule has 4 aromatic rings. The Kier molecular flexibility index (Phi) is 4.37. The van der Waals surface area contributed by atoms with E-state index in [1.807, 2.05) is 29.6 Å². The van der Waals surface area contributed by atoms with Gasteiger partial charge in [0, 0.05) is 16.0 Å². The minimum absolute atomic E-state index is 0.0876. The first-order valence-corrected chi connectivity index (χ1v) is 10.8. The standard InChI is InChI=1S/C22H15BrN2O3S/c1-2-12-3-5-13(6-4-12)18-17-19(26)15-11-14(23)7-8-16(15)28-20(17)21(27)25(18)22-24-9-10-29-22/h3-11,18H,2H2,1H3. The van der Waals surface area contributed by atoms with Crippen LogP contribution in [-0.4, -0.2) is 10.9 Å². The van der Waals surface area contributed by atoms with Crippen molar-refractivity contribution in [3.63, 3.8) is 0 Å². The molecule has 1 amide bonds. The van der Waals surface area contributed by atoms with Crippen LogP contribution in [0.1, 0.15) is 40.2 Å². The van der Waals surface area contributed by atoms with E-state index in [0.29, 0.717) is 21.7 Å². The summed E-state index contributed by atoms with van der Waals surface area (Å²) in [5, 5.41) is 2.80. The summed E-state index contributed by atoms with van der Waals surface area (Å²) < 4.78 is 6.72. The lowest BCUT2D eigenvalue weighted by Gasteiger charge is -2.22. The number of rotatable bonds is 3. The zero-order chi connectivity index (χ0) is 20.1. The molecule has 1 unspecified atom stereocenters. The number of thiazole rings is 1. The summed E-state index contributed by atoms with van der Waals surface area (Å²) in [6.07, 6.45) is 2.56. The van der Waals surface area contributed by atoms with Gasteiger partial charge in [0.2, 0.25) is 5.76 Å². The van der Waals surface area contributed by atoms with Crippen molar-refractivity contribution in [2.24, 2.45) is 0 Å². The van der Waals surface area contributed by atoms with Crippen LogP contribution in [0.3, 0.4) is 0 Å². The SMILES string of the molecule is CCc1ccc(C2c3c(oc4ccc(Br)cc4c3=O)C(=O)N2c2nccs2)cc1. The second-order valence-electron chi connectivity index (χ2n) is 6.80. The van der Waals surface area contributed by atoms with Crippen LogP contribution in [0.4, 0.5) is 5.13 Å². The summed E-state index contributed by atoms with van der Waals surface area (Å²) >= 11 is 4.77. The predicted octanol–water partition coefficient (Wildman–Crippen LogP) is 5.32. The van der Waals surface area contributed by atoms with Crippen LogP contribution in [0.15, 0.2) is 67.7 Å². The van der Waals surface area contributed by atoms with Crippen molar-refractivity contribution in [1.82, 2.24) is 4.98 Å². The van der Waals surface area contributed by atoms with E-state index >= 15 is 0 Å². The number of halogens is 1. The number of hydrogen-bond acceptors (Lipinski definition) is 5. The Morgan fingerprint density at radius 3 is 2.66 bits per heavy atom. The molecule has 2 aromatic heterocycles. The molecular weight excluding hydrogens is 452 g/mol. The lowest BCUT2D eigenvalue weighted by atomic mass is 9.97. The monoisotopic (exact) mass is 466 g/mol. The fourth-order valence-electron chi connectivity index (χ4n) is 3.73. The van der Waals surface area contributed by atoms with E-state index in [2.05, 4.69) is 27.8 Å². The van der Waals surface area contributed by atoms with Crippen molar-refractivity contribution >= 4 is 49.3 Å². The summed E-state index contributed by atoms with van der Waals surface area (Å²) in [6, 6.07) is 12.6. The quantitative estimate of drug-likeness (QED) is 0.409. The molecule has 3 heterocycles. The number of carbonyl (C=O) groups excluding carboxylic acids is 1. The average molecular weight is 467 g/mol. The molecule has 0 saturated carbocycles. The first-order chi connectivity index (χ1) is 14.1. The maximum atomic E-state index is 13.5. The third-order valence-electron chi connectivity index (χ3n) is 5.16. The zero-order valence-electron chi connectivity index (χ0n) is 15.4. The number of carbonyl (C=O) groups is 1. The molecular formula is C22H15BrN2O3S. The molecule has 1 aliphatic rings. The van der Waals surface area contributed by atoms with Crippen molar-refractivity contribution in [1.29, 1.82) is 0 Å². The number of aryl methyl sites for hydroxylation is 1. The molecule has 144 valence electrons. The normalized spacial score (nSPS) is 15.9. The molecule has 0 N–H and O–H groups in total. The van der Waals surface area contributed by atoms with Gasteiger partial charge in [-0.3, -0.25) is 14.5 Å². The Bertz CT molecular complexity index is 1300. The highest BCUT2D eigenvalue weighted by molar-refractivity contribution is 9.10. The molecule has 0 bridgehead atoms. The lowest BCUT2D eigenvalue weighted by Crippen LogP contribution is -2.29. The zero-order valence-corrected chi connectivity index (χ0v) is 17.8. The Balaban J connectivity index is 1.80. The van der Waals surface area contributed by atoms with Crippen molar-refractivity contribution in [3.8, 4) is 0 Å². The molecule has 0 saturated heterocycles. The third kappa shape index (κ3) is 2.84. The van der Waals surface area contributed by atoms with Crippen LogP contribution < -0.4 is 10.3 Å². The number of hydrogen-bond donors (Lipinski definition) is 0. The third-order valence-corrected chi connectivity index (χ3v) is 6.43. The van der Waals surface area contributed by atoms with Gasteiger partial charge in [-0.1, -0.05) is 47.1 Å².